The maximum absolute atomic E-state index is 14.6. The van der Waals surface area contributed by atoms with E-state index < -0.39 is 33.8 Å². The molecule has 2 N–H and O–H groups in total. The van der Waals surface area contributed by atoms with Gasteiger partial charge in [-0.2, -0.15) is 0 Å². The summed E-state index contributed by atoms with van der Waals surface area (Å²) < 4.78 is 6.65. The van der Waals surface area contributed by atoms with E-state index in [4.69, 9.17) is 4.74 Å². The Morgan fingerprint density at radius 3 is 2.11 bits per heavy atom. The van der Waals surface area contributed by atoms with Gasteiger partial charge in [-0.1, -0.05) is 59.2 Å². The SMILES string of the molecule is C=C(C)CC[C@@H]1C[C@]2(CC=C(C)C)C(=O)/C(=C(/O)c3ccccc3)C(=O)[C@]3(CC=C(C)C)C[C@]1(C)O[C@@]32O. The van der Waals surface area contributed by atoms with Gasteiger partial charge in [-0.15, -0.1) is 6.58 Å². The molecule has 0 aromatic heterocycles. The summed E-state index contributed by atoms with van der Waals surface area (Å²) in [6, 6.07) is 8.72. The second-order valence-corrected chi connectivity index (χ2v) is 12.5. The Kier molecular flexibility index (Phi) is 7.26. The third kappa shape index (κ3) is 4.15. The van der Waals surface area contributed by atoms with Gasteiger partial charge in [0.15, 0.2) is 17.4 Å². The predicted octanol–water partition coefficient (Wildman–Crippen LogP) is 7.04. The van der Waals surface area contributed by atoms with Crippen molar-refractivity contribution in [2.24, 2.45) is 16.7 Å². The van der Waals surface area contributed by atoms with E-state index in [2.05, 4.69) is 6.58 Å². The number of carbonyl (C=O) groups is 2. The fourth-order valence-electron chi connectivity index (χ4n) is 6.97. The summed E-state index contributed by atoms with van der Waals surface area (Å²) in [6.07, 6.45) is 6.49. The molecule has 3 fully saturated rings. The summed E-state index contributed by atoms with van der Waals surface area (Å²) in [5, 5.41) is 24.1. The zero-order valence-corrected chi connectivity index (χ0v) is 23.7. The molecule has 0 amide bonds. The van der Waals surface area contributed by atoms with Crippen molar-refractivity contribution >= 4 is 17.3 Å². The first kappa shape index (κ1) is 28.3. The molecule has 2 saturated heterocycles. The average Bonchev–Trinajstić information content (AvgIpc) is 3.08. The Bertz CT molecular complexity index is 1250. The largest absolute Gasteiger partial charge is 0.506 e. The van der Waals surface area contributed by atoms with Gasteiger partial charge in [0.2, 0.25) is 0 Å². The van der Waals surface area contributed by atoms with Crippen LogP contribution in [0.1, 0.15) is 85.6 Å². The summed E-state index contributed by atoms with van der Waals surface area (Å²) in [5.74, 6) is -3.45. The number of fused-ring (bicyclic) bond motifs is 1. The first-order chi connectivity index (χ1) is 17.7. The van der Waals surface area contributed by atoms with E-state index in [9.17, 15) is 19.8 Å². The number of hydrogen-bond acceptors (Lipinski definition) is 5. The van der Waals surface area contributed by atoms with Crippen LogP contribution in [0.2, 0.25) is 0 Å². The topological polar surface area (TPSA) is 83.8 Å². The molecule has 3 aliphatic rings. The molecule has 38 heavy (non-hydrogen) atoms. The molecule has 5 nitrogen and oxygen atoms in total. The fraction of sp³-hybridized carbons (Fsp3) is 0.515. The Balaban J connectivity index is 2.04. The van der Waals surface area contributed by atoms with Gasteiger partial charge in [-0.3, -0.25) is 9.59 Å². The predicted molar refractivity (Wildman–Crippen MR) is 150 cm³/mol. The lowest BCUT2D eigenvalue weighted by Gasteiger charge is -2.58. The lowest BCUT2D eigenvalue weighted by Crippen LogP contribution is -2.70. The van der Waals surface area contributed by atoms with Crippen LogP contribution in [0, 0.1) is 16.7 Å². The first-order valence-electron chi connectivity index (χ1n) is 13.6. The summed E-state index contributed by atoms with van der Waals surface area (Å²) in [5.41, 5.74) is -0.378. The molecule has 0 unspecified atom stereocenters. The maximum Gasteiger partial charge on any atom is 0.193 e. The van der Waals surface area contributed by atoms with Gasteiger partial charge in [0, 0.05) is 5.56 Å². The van der Waals surface area contributed by atoms with Crippen LogP contribution in [-0.2, 0) is 14.3 Å². The van der Waals surface area contributed by atoms with Crippen molar-refractivity contribution in [2.75, 3.05) is 0 Å². The quantitative estimate of drug-likeness (QED) is 0.167. The molecular formula is C33H42O5. The number of aliphatic hydroxyl groups is 2. The molecule has 1 saturated carbocycles. The normalized spacial score (nSPS) is 35.1. The van der Waals surface area contributed by atoms with Gasteiger partial charge in [0.05, 0.1) is 16.4 Å². The molecule has 2 aliphatic heterocycles. The average molecular weight is 519 g/mol. The Hall–Kier alpha value is -2.76. The highest BCUT2D eigenvalue weighted by Gasteiger charge is 2.82. The minimum absolute atomic E-state index is 0.0754. The third-order valence-corrected chi connectivity index (χ3v) is 9.03. The molecular weight excluding hydrogens is 476 g/mol. The van der Waals surface area contributed by atoms with Crippen molar-refractivity contribution in [3.8, 4) is 0 Å². The number of allylic oxidation sites excluding steroid dienone is 6. The van der Waals surface area contributed by atoms with Crippen LogP contribution < -0.4 is 0 Å². The summed E-state index contributed by atoms with van der Waals surface area (Å²) in [6.45, 7) is 15.8. The van der Waals surface area contributed by atoms with Gasteiger partial charge in [0.25, 0.3) is 0 Å². The zero-order valence-electron chi connectivity index (χ0n) is 23.7. The first-order valence-corrected chi connectivity index (χ1v) is 13.6. The van der Waals surface area contributed by atoms with E-state index in [-0.39, 0.29) is 36.5 Å². The fourth-order valence-corrected chi connectivity index (χ4v) is 6.97. The van der Waals surface area contributed by atoms with Crippen molar-refractivity contribution in [3.05, 3.63) is 76.9 Å². The summed E-state index contributed by atoms with van der Waals surface area (Å²) in [4.78, 5) is 29.2. The van der Waals surface area contributed by atoms with Crippen LogP contribution in [0.3, 0.4) is 0 Å². The highest BCUT2D eigenvalue weighted by atomic mass is 16.7. The van der Waals surface area contributed by atoms with Crippen molar-refractivity contribution in [2.45, 2.75) is 91.5 Å². The minimum Gasteiger partial charge on any atom is -0.506 e. The van der Waals surface area contributed by atoms with E-state index in [0.29, 0.717) is 12.0 Å². The van der Waals surface area contributed by atoms with Gasteiger partial charge >= 0.3 is 0 Å². The molecule has 1 aromatic rings. The molecule has 5 atom stereocenters. The number of rotatable bonds is 8. The molecule has 2 bridgehead atoms. The number of benzene rings is 1. The van der Waals surface area contributed by atoms with Crippen LogP contribution in [0.4, 0.5) is 0 Å². The number of carbonyl (C=O) groups excluding carboxylic acids is 2. The zero-order chi connectivity index (χ0) is 28.1. The number of ether oxygens (including phenoxy) is 1. The molecule has 2 heterocycles. The second-order valence-electron chi connectivity index (χ2n) is 12.5. The van der Waals surface area contributed by atoms with Crippen molar-refractivity contribution in [1.29, 1.82) is 0 Å². The van der Waals surface area contributed by atoms with Gasteiger partial charge in [0.1, 0.15) is 11.3 Å². The lowest BCUT2D eigenvalue weighted by molar-refractivity contribution is -0.339. The standard InChI is InChI=1S/C33H42O5/c1-21(2)13-14-25-19-31(17-15-22(3)4)28(35)26(27(34)24-11-9-8-10-12-24)29(36)32(18-16-23(5)6)20-30(25,7)38-33(31,32)37/h8-12,15-16,25,34,37H,1,13-14,17-20H2,2-7H3/b27-26-/t25-,30+,31-,32+,33-/m1/s1. The second kappa shape index (κ2) is 9.77. The van der Waals surface area contributed by atoms with Crippen LogP contribution in [0.5, 0.6) is 0 Å². The molecule has 1 aliphatic carbocycles. The lowest BCUT2D eigenvalue weighted by atomic mass is 9.51. The van der Waals surface area contributed by atoms with Crippen molar-refractivity contribution < 1.29 is 24.5 Å². The summed E-state index contributed by atoms with van der Waals surface area (Å²) in [7, 11) is 0. The summed E-state index contributed by atoms with van der Waals surface area (Å²) >= 11 is 0. The molecule has 1 aromatic carbocycles. The third-order valence-electron chi connectivity index (χ3n) is 9.03. The van der Waals surface area contributed by atoms with Gasteiger partial charge in [-0.05, 0) is 86.0 Å². The molecule has 4 rings (SSSR count). The highest BCUT2D eigenvalue weighted by Crippen LogP contribution is 2.72. The van der Waals surface area contributed by atoms with Crippen molar-refractivity contribution in [3.63, 3.8) is 0 Å². The highest BCUT2D eigenvalue weighted by molar-refractivity contribution is 6.30. The van der Waals surface area contributed by atoms with Gasteiger partial charge in [-0.25, -0.2) is 0 Å². The number of hydrogen-bond donors (Lipinski definition) is 2. The van der Waals surface area contributed by atoms with E-state index in [1.165, 1.54) is 0 Å². The van der Waals surface area contributed by atoms with E-state index in [0.717, 1.165) is 29.6 Å². The molecule has 204 valence electrons. The van der Waals surface area contributed by atoms with Gasteiger partial charge < -0.3 is 14.9 Å². The maximum atomic E-state index is 14.6. The van der Waals surface area contributed by atoms with E-state index in [1.807, 2.05) is 59.8 Å². The van der Waals surface area contributed by atoms with Crippen molar-refractivity contribution in [1.82, 2.24) is 0 Å². The van der Waals surface area contributed by atoms with Crippen LogP contribution in [-0.4, -0.2) is 33.2 Å². The Labute approximate surface area is 227 Å². The molecule has 0 radical (unpaired) electrons. The number of ketones is 2. The smallest absolute Gasteiger partial charge is 0.193 e. The number of Topliss-reactive ketones (excluding diaryl/α,β-unsaturated/α-hetero) is 2. The Morgan fingerprint density at radius 1 is 1.00 bits per heavy atom. The van der Waals surface area contributed by atoms with E-state index >= 15 is 0 Å². The van der Waals surface area contributed by atoms with Crippen LogP contribution in [0.15, 0.2) is 71.4 Å². The van der Waals surface area contributed by atoms with E-state index in [1.54, 1.807) is 24.3 Å². The minimum atomic E-state index is -2.00. The molecule has 0 spiro atoms. The number of aliphatic hydroxyl groups excluding tert-OH is 1. The monoisotopic (exact) mass is 518 g/mol. The Morgan fingerprint density at radius 2 is 1.55 bits per heavy atom. The molecule has 5 heteroatoms. The van der Waals surface area contributed by atoms with Crippen LogP contribution in [0.25, 0.3) is 5.76 Å². The van der Waals surface area contributed by atoms with Crippen LogP contribution >= 0.6 is 0 Å².